The Balaban J connectivity index is 1.87. The van der Waals surface area contributed by atoms with Gasteiger partial charge in [-0.15, -0.1) is 0 Å². The molecule has 0 amide bonds. The van der Waals surface area contributed by atoms with Gasteiger partial charge in [-0.1, -0.05) is 19.8 Å². The third-order valence-electron chi connectivity index (χ3n) is 4.80. The van der Waals surface area contributed by atoms with Crippen LogP contribution in [-0.4, -0.2) is 38.5 Å². The fourth-order valence-corrected chi connectivity index (χ4v) is 3.71. The Bertz CT molecular complexity index is 243. The normalized spacial score (nSPS) is 33.5. The molecule has 2 aliphatic rings. The lowest BCUT2D eigenvalue weighted by atomic mass is 9.76. The van der Waals surface area contributed by atoms with Crippen molar-refractivity contribution in [3.05, 3.63) is 0 Å². The summed E-state index contributed by atoms with van der Waals surface area (Å²) in [4.78, 5) is 0. The zero-order valence-electron chi connectivity index (χ0n) is 12.7. The minimum absolute atomic E-state index is 0.0982. The lowest BCUT2D eigenvalue weighted by molar-refractivity contribution is -0.143. The minimum Gasteiger partial charge on any atom is -0.381 e. The predicted octanol–water partition coefficient (Wildman–Crippen LogP) is 3.13. The summed E-state index contributed by atoms with van der Waals surface area (Å²) < 4.78 is 12.0. The predicted molar refractivity (Wildman–Crippen MR) is 78.4 cm³/mol. The van der Waals surface area contributed by atoms with E-state index in [1.165, 1.54) is 38.5 Å². The molecule has 3 nitrogen and oxygen atoms in total. The molecule has 3 heteroatoms. The van der Waals surface area contributed by atoms with Crippen LogP contribution < -0.4 is 5.32 Å². The summed E-state index contributed by atoms with van der Waals surface area (Å²) in [6.07, 6.45) is 10.4. The number of hydrogen-bond acceptors (Lipinski definition) is 3. The lowest BCUT2D eigenvalue weighted by Crippen LogP contribution is -2.48. The van der Waals surface area contributed by atoms with Crippen LogP contribution in [0.4, 0.5) is 0 Å². The van der Waals surface area contributed by atoms with E-state index in [0.29, 0.717) is 6.10 Å². The summed E-state index contributed by atoms with van der Waals surface area (Å²) in [5.41, 5.74) is 0.0982. The average Bonchev–Trinajstić information content (AvgIpc) is 2.43. The van der Waals surface area contributed by atoms with Crippen LogP contribution in [0, 0.1) is 5.92 Å². The number of rotatable bonds is 6. The quantitative estimate of drug-likeness (QED) is 0.803. The van der Waals surface area contributed by atoms with E-state index in [4.69, 9.17) is 9.47 Å². The van der Waals surface area contributed by atoms with Crippen molar-refractivity contribution in [2.24, 2.45) is 5.92 Å². The van der Waals surface area contributed by atoms with Crippen LogP contribution >= 0.6 is 0 Å². The van der Waals surface area contributed by atoms with Crippen LogP contribution in [0.2, 0.25) is 0 Å². The molecule has 0 atom stereocenters. The van der Waals surface area contributed by atoms with E-state index in [0.717, 1.165) is 38.5 Å². The highest BCUT2D eigenvalue weighted by atomic mass is 16.5. The molecule has 1 N–H and O–H groups in total. The zero-order valence-corrected chi connectivity index (χ0v) is 12.7. The van der Waals surface area contributed by atoms with E-state index < -0.39 is 0 Å². The molecule has 2 fully saturated rings. The maximum atomic E-state index is 6.54. The van der Waals surface area contributed by atoms with Gasteiger partial charge in [-0.2, -0.15) is 0 Å². The Morgan fingerprint density at radius 1 is 1.16 bits per heavy atom. The summed E-state index contributed by atoms with van der Waals surface area (Å²) in [5, 5.41) is 3.36. The first-order chi connectivity index (χ1) is 9.28. The van der Waals surface area contributed by atoms with E-state index in [-0.39, 0.29) is 5.60 Å². The molecule has 2 rings (SSSR count). The standard InChI is InChI=1S/C16H31NO2/c1-3-4-14-5-9-16(10-6-14,13-17-2)19-15-7-11-18-12-8-15/h14-15,17H,3-13H2,1-2H3. The lowest BCUT2D eigenvalue weighted by Gasteiger charge is -2.43. The number of ether oxygens (including phenoxy) is 2. The molecule has 0 aromatic heterocycles. The highest BCUT2D eigenvalue weighted by molar-refractivity contribution is 4.90. The van der Waals surface area contributed by atoms with Crippen molar-refractivity contribution in [1.29, 1.82) is 0 Å². The van der Waals surface area contributed by atoms with Crippen molar-refractivity contribution in [2.75, 3.05) is 26.8 Å². The second kappa shape index (κ2) is 7.61. The van der Waals surface area contributed by atoms with Crippen LogP contribution in [-0.2, 0) is 9.47 Å². The molecule has 19 heavy (non-hydrogen) atoms. The fourth-order valence-electron chi connectivity index (χ4n) is 3.71. The maximum absolute atomic E-state index is 6.54. The molecule has 112 valence electrons. The van der Waals surface area contributed by atoms with Crippen LogP contribution in [0.1, 0.15) is 58.3 Å². The van der Waals surface area contributed by atoms with E-state index in [1.54, 1.807) is 0 Å². The summed E-state index contributed by atoms with van der Waals surface area (Å²) >= 11 is 0. The molecule has 0 aromatic carbocycles. The summed E-state index contributed by atoms with van der Waals surface area (Å²) in [5.74, 6) is 0.938. The molecule has 0 aromatic rings. The SMILES string of the molecule is CCCC1CCC(CNC)(OC2CCOCC2)CC1. The van der Waals surface area contributed by atoms with E-state index in [2.05, 4.69) is 12.2 Å². The van der Waals surface area contributed by atoms with Crippen molar-refractivity contribution in [3.63, 3.8) is 0 Å². The van der Waals surface area contributed by atoms with Crippen molar-refractivity contribution in [2.45, 2.75) is 70.0 Å². The van der Waals surface area contributed by atoms with Crippen molar-refractivity contribution in [1.82, 2.24) is 5.32 Å². The minimum atomic E-state index is 0.0982. The van der Waals surface area contributed by atoms with Gasteiger partial charge in [0.15, 0.2) is 0 Å². The molecule has 0 radical (unpaired) electrons. The fraction of sp³-hybridized carbons (Fsp3) is 1.00. The Kier molecular flexibility index (Phi) is 6.11. The first-order valence-electron chi connectivity index (χ1n) is 8.18. The van der Waals surface area contributed by atoms with Crippen molar-refractivity contribution >= 4 is 0 Å². The smallest absolute Gasteiger partial charge is 0.0810 e. The first kappa shape index (κ1) is 15.3. The molecular weight excluding hydrogens is 238 g/mol. The monoisotopic (exact) mass is 269 g/mol. The van der Waals surface area contributed by atoms with E-state index >= 15 is 0 Å². The van der Waals surface area contributed by atoms with Gasteiger partial charge in [0.2, 0.25) is 0 Å². The second-order valence-electron chi connectivity index (χ2n) is 6.37. The van der Waals surface area contributed by atoms with Crippen LogP contribution in [0.25, 0.3) is 0 Å². The highest BCUT2D eigenvalue weighted by Crippen LogP contribution is 2.38. The first-order valence-corrected chi connectivity index (χ1v) is 8.18. The maximum Gasteiger partial charge on any atom is 0.0810 e. The molecular formula is C16H31NO2. The molecule has 0 spiro atoms. The molecule has 1 saturated heterocycles. The molecule has 0 unspecified atom stereocenters. The van der Waals surface area contributed by atoms with Gasteiger partial charge in [-0.25, -0.2) is 0 Å². The van der Waals surface area contributed by atoms with Gasteiger partial charge in [0.05, 0.1) is 11.7 Å². The third-order valence-corrected chi connectivity index (χ3v) is 4.80. The Morgan fingerprint density at radius 3 is 2.42 bits per heavy atom. The number of nitrogens with one attached hydrogen (secondary N) is 1. The second-order valence-corrected chi connectivity index (χ2v) is 6.37. The van der Waals surface area contributed by atoms with Crippen molar-refractivity contribution < 1.29 is 9.47 Å². The summed E-state index contributed by atoms with van der Waals surface area (Å²) in [7, 11) is 2.05. The topological polar surface area (TPSA) is 30.5 Å². The van der Waals surface area contributed by atoms with Gasteiger partial charge in [0, 0.05) is 19.8 Å². The number of hydrogen-bond donors (Lipinski definition) is 1. The van der Waals surface area contributed by atoms with Gasteiger partial charge in [0.25, 0.3) is 0 Å². The highest BCUT2D eigenvalue weighted by Gasteiger charge is 2.37. The molecule has 1 aliphatic carbocycles. The van der Waals surface area contributed by atoms with Crippen LogP contribution in [0.3, 0.4) is 0 Å². The molecule has 0 bridgehead atoms. The van der Waals surface area contributed by atoms with E-state index in [9.17, 15) is 0 Å². The molecule has 1 heterocycles. The molecule has 1 aliphatic heterocycles. The van der Waals surface area contributed by atoms with Gasteiger partial charge in [-0.3, -0.25) is 0 Å². The Morgan fingerprint density at radius 2 is 1.84 bits per heavy atom. The summed E-state index contributed by atoms with van der Waals surface area (Å²) in [6, 6.07) is 0. The van der Waals surface area contributed by atoms with Gasteiger partial charge < -0.3 is 14.8 Å². The van der Waals surface area contributed by atoms with Gasteiger partial charge in [-0.05, 0) is 51.5 Å². The zero-order chi connectivity index (χ0) is 13.6. The van der Waals surface area contributed by atoms with Crippen LogP contribution in [0.15, 0.2) is 0 Å². The Hall–Kier alpha value is -0.120. The van der Waals surface area contributed by atoms with E-state index in [1.807, 2.05) is 7.05 Å². The van der Waals surface area contributed by atoms with Gasteiger partial charge >= 0.3 is 0 Å². The average molecular weight is 269 g/mol. The van der Waals surface area contributed by atoms with Crippen molar-refractivity contribution in [3.8, 4) is 0 Å². The van der Waals surface area contributed by atoms with Crippen LogP contribution in [0.5, 0.6) is 0 Å². The number of likely N-dealkylation sites (N-methyl/N-ethyl adjacent to an activating group) is 1. The molecule has 1 saturated carbocycles. The Labute approximate surface area is 118 Å². The van der Waals surface area contributed by atoms with Gasteiger partial charge in [0.1, 0.15) is 0 Å². The summed E-state index contributed by atoms with van der Waals surface area (Å²) in [6.45, 7) is 5.05. The largest absolute Gasteiger partial charge is 0.381 e. The third kappa shape index (κ3) is 4.44.